The molecular formula is C23H22F5N5O4. The van der Waals surface area contributed by atoms with Crippen LogP contribution in [0.1, 0.15) is 26.4 Å². The molecule has 0 radical (unpaired) electrons. The van der Waals surface area contributed by atoms with Crippen molar-refractivity contribution < 1.29 is 41.0 Å². The lowest BCUT2D eigenvalue weighted by molar-refractivity contribution is -0.123. The van der Waals surface area contributed by atoms with Gasteiger partial charge < -0.3 is 20.1 Å². The Labute approximate surface area is 207 Å². The van der Waals surface area contributed by atoms with Crippen LogP contribution in [0, 0.1) is 5.82 Å². The Morgan fingerprint density at radius 2 is 1.73 bits per heavy atom. The summed E-state index contributed by atoms with van der Waals surface area (Å²) in [5, 5.41) is 12.1. The zero-order chi connectivity index (χ0) is 26.8. The fourth-order valence-electron chi connectivity index (χ4n) is 2.97. The first kappa shape index (κ1) is 27.5. The minimum absolute atomic E-state index is 0.00224. The van der Waals surface area contributed by atoms with Gasteiger partial charge in [-0.3, -0.25) is 9.59 Å². The molecule has 3 aromatic rings. The summed E-state index contributed by atoms with van der Waals surface area (Å²) in [6, 6.07) is 9.36. The lowest BCUT2D eigenvalue weighted by Crippen LogP contribution is -2.33. The van der Waals surface area contributed by atoms with Crippen molar-refractivity contribution in [2.45, 2.75) is 12.7 Å². The molecule has 0 aliphatic rings. The number of benzene rings is 2. The van der Waals surface area contributed by atoms with Gasteiger partial charge in [0.05, 0.1) is 19.4 Å². The maximum Gasteiger partial charge on any atom is 0.405 e. The van der Waals surface area contributed by atoms with Crippen molar-refractivity contribution in [1.82, 2.24) is 25.6 Å². The van der Waals surface area contributed by atoms with Crippen LogP contribution in [-0.2, 0) is 11.3 Å². The molecule has 0 unspecified atom stereocenters. The molecule has 0 spiro atoms. The molecule has 9 nitrogen and oxygen atoms in total. The number of amides is 2. The maximum atomic E-state index is 13.0. The van der Waals surface area contributed by atoms with E-state index in [2.05, 4.69) is 15.6 Å². The van der Waals surface area contributed by atoms with Gasteiger partial charge in [0.1, 0.15) is 37.1 Å². The normalized spacial score (nSPS) is 11.3. The highest BCUT2D eigenvalue weighted by Gasteiger charge is 2.28. The lowest BCUT2D eigenvalue weighted by atomic mass is 10.1. The molecule has 14 heteroatoms. The molecule has 2 amide bonds. The standard InChI is InChI=1S/C23H22F5N5O4/c24-7-8-36-9-10-37-20-11-16(21(34)30-14-23(26,27)28)3-6-19(20)33-13-18(31-32-33)22(35)29-12-15-1-4-17(25)5-2-15/h1-6,11,13H,7-10,12,14H2,(H,29,35)(H,30,34). The lowest BCUT2D eigenvalue weighted by Gasteiger charge is -2.14. The van der Waals surface area contributed by atoms with Gasteiger partial charge in [-0.25, -0.2) is 13.5 Å². The quantitative estimate of drug-likeness (QED) is 0.277. The number of rotatable bonds is 12. The van der Waals surface area contributed by atoms with Crippen molar-refractivity contribution in [1.29, 1.82) is 0 Å². The summed E-state index contributed by atoms with van der Waals surface area (Å²) in [6.45, 7) is -2.30. The molecule has 0 saturated heterocycles. The van der Waals surface area contributed by atoms with Crippen LogP contribution in [0.2, 0.25) is 0 Å². The van der Waals surface area contributed by atoms with Crippen molar-refractivity contribution in [2.24, 2.45) is 0 Å². The number of alkyl halides is 4. The molecule has 0 atom stereocenters. The molecular weight excluding hydrogens is 505 g/mol. The monoisotopic (exact) mass is 527 g/mol. The number of hydrogen-bond donors (Lipinski definition) is 2. The highest BCUT2D eigenvalue weighted by Crippen LogP contribution is 2.25. The van der Waals surface area contributed by atoms with E-state index < -0.39 is 37.0 Å². The van der Waals surface area contributed by atoms with E-state index in [9.17, 15) is 31.5 Å². The van der Waals surface area contributed by atoms with Crippen molar-refractivity contribution in [3.8, 4) is 11.4 Å². The third-order valence-electron chi connectivity index (χ3n) is 4.72. The van der Waals surface area contributed by atoms with Crippen molar-refractivity contribution in [3.63, 3.8) is 0 Å². The van der Waals surface area contributed by atoms with E-state index in [-0.39, 0.29) is 49.1 Å². The first-order chi connectivity index (χ1) is 17.7. The van der Waals surface area contributed by atoms with Crippen LogP contribution in [-0.4, -0.2) is 66.0 Å². The molecule has 3 rings (SSSR count). The Bertz CT molecular complexity index is 1200. The van der Waals surface area contributed by atoms with Gasteiger partial charge >= 0.3 is 6.18 Å². The van der Waals surface area contributed by atoms with Crippen molar-refractivity contribution >= 4 is 11.8 Å². The largest absolute Gasteiger partial charge is 0.489 e. The number of aromatic nitrogens is 3. The van der Waals surface area contributed by atoms with E-state index in [0.29, 0.717) is 5.56 Å². The number of nitrogens with one attached hydrogen (secondary N) is 2. The summed E-state index contributed by atoms with van der Waals surface area (Å²) in [4.78, 5) is 24.6. The molecule has 2 N–H and O–H groups in total. The number of carbonyl (C=O) groups is 2. The van der Waals surface area contributed by atoms with Gasteiger partial charge in [0.25, 0.3) is 11.8 Å². The summed E-state index contributed by atoms with van der Waals surface area (Å²) in [5.41, 5.74) is 0.700. The summed E-state index contributed by atoms with van der Waals surface area (Å²) in [5.74, 6) is -1.93. The van der Waals surface area contributed by atoms with Gasteiger partial charge in [-0.15, -0.1) is 5.10 Å². The summed E-state index contributed by atoms with van der Waals surface area (Å²) in [6.07, 6.45) is -3.30. The second kappa shape index (κ2) is 12.8. The molecule has 0 aliphatic carbocycles. The molecule has 2 aromatic carbocycles. The fraction of sp³-hybridized carbons (Fsp3) is 0.304. The Morgan fingerprint density at radius 3 is 2.43 bits per heavy atom. The predicted octanol–water partition coefficient (Wildman–Crippen LogP) is 2.99. The summed E-state index contributed by atoms with van der Waals surface area (Å²) >= 11 is 0. The molecule has 0 bridgehead atoms. The van der Waals surface area contributed by atoms with Gasteiger partial charge in [-0.2, -0.15) is 13.2 Å². The Morgan fingerprint density at radius 1 is 0.973 bits per heavy atom. The Hall–Kier alpha value is -4.07. The smallest absolute Gasteiger partial charge is 0.405 e. The fourth-order valence-corrected chi connectivity index (χ4v) is 2.97. The third-order valence-corrected chi connectivity index (χ3v) is 4.72. The zero-order valence-corrected chi connectivity index (χ0v) is 19.2. The van der Waals surface area contributed by atoms with Crippen molar-refractivity contribution in [2.75, 3.05) is 33.0 Å². The average Bonchev–Trinajstić information content (AvgIpc) is 3.36. The summed E-state index contributed by atoms with van der Waals surface area (Å²) < 4.78 is 74.4. The molecule has 0 aliphatic heterocycles. The first-order valence-corrected chi connectivity index (χ1v) is 10.9. The molecule has 37 heavy (non-hydrogen) atoms. The average molecular weight is 527 g/mol. The second-order valence-electron chi connectivity index (χ2n) is 7.49. The van der Waals surface area contributed by atoms with Crippen LogP contribution in [0.4, 0.5) is 22.0 Å². The highest BCUT2D eigenvalue weighted by atomic mass is 19.4. The molecule has 198 valence electrons. The van der Waals surface area contributed by atoms with E-state index in [1.807, 2.05) is 0 Å². The van der Waals surface area contributed by atoms with Crippen LogP contribution >= 0.6 is 0 Å². The van der Waals surface area contributed by atoms with Crippen LogP contribution in [0.25, 0.3) is 5.69 Å². The first-order valence-electron chi connectivity index (χ1n) is 10.9. The second-order valence-corrected chi connectivity index (χ2v) is 7.49. The van der Waals surface area contributed by atoms with Crippen LogP contribution in [0.5, 0.6) is 5.75 Å². The van der Waals surface area contributed by atoms with Crippen LogP contribution in [0.3, 0.4) is 0 Å². The van der Waals surface area contributed by atoms with Crippen LogP contribution in [0.15, 0.2) is 48.7 Å². The van der Waals surface area contributed by atoms with E-state index in [4.69, 9.17) is 9.47 Å². The topological polar surface area (TPSA) is 107 Å². The summed E-state index contributed by atoms with van der Waals surface area (Å²) in [7, 11) is 0. The number of ether oxygens (including phenoxy) is 2. The predicted molar refractivity (Wildman–Crippen MR) is 120 cm³/mol. The molecule has 1 aromatic heterocycles. The maximum absolute atomic E-state index is 13.0. The minimum atomic E-state index is -4.59. The zero-order valence-electron chi connectivity index (χ0n) is 19.2. The van der Waals surface area contributed by atoms with E-state index in [1.165, 1.54) is 53.3 Å². The van der Waals surface area contributed by atoms with E-state index in [1.54, 1.807) is 5.32 Å². The van der Waals surface area contributed by atoms with E-state index >= 15 is 0 Å². The van der Waals surface area contributed by atoms with Gasteiger partial charge in [0.15, 0.2) is 5.69 Å². The van der Waals surface area contributed by atoms with Crippen molar-refractivity contribution in [3.05, 3.63) is 71.3 Å². The minimum Gasteiger partial charge on any atom is -0.489 e. The van der Waals surface area contributed by atoms with Gasteiger partial charge in [0.2, 0.25) is 0 Å². The van der Waals surface area contributed by atoms with Gasteiger partial charge in [-0.1, -0.05) is 17.3 Å². The Balaban J connectivity index is 1.75. The van der Waals surface area contributed by atoms with Gasteiger partial charge in [0, 0.05) is 12.1 Å². The number of hydrogen-bond acceptors (Lipinski definition) is 6. The molecule has 0 saturated carbocycles. The number of carbonyl (C=O) groups excluding carboxylic acids is 2. The van der Waals surface area contributed by atoms with E-state index in [0.717, 1.165) is 0 Å². The number of nitrogens with zero attached hydrogens (tertiary/aromatic N) is 3. The Kier molecular flexibility index (Phi) is 9.49. The van der Waals surface area contributed by atoms with Crippen LogP contribution < -0.4 is 15.4 Å². The molecule has 0 fully saturated rings. The molecule has 1 heterocycles. The number of halogens is 5. The highest BCUT2D eigenvalue weighted by molar-refractivity contribution is 5.95. The third kappa shape index (κ3) is 8.52. The SMILES string of the molecule is O=C(NCC(F)(F)F)c1ccc(-n2cc(C(=O)NCc3ccc(F)cc3)nn2)c(OCCOCCF)c1. The van der Waals surface area contributed by atoms with Gasteiger partial charge in [-0.05, 0) is 35.9 Å².